The number of aromatic amines is 1. The number of aliphatic hydroxyl groups excluding tert-OH is 2. The number of carbonyl (C=O) groups is 2. The van der Waals surface area contributed by atoms with Crippen molar-refractivity contribution in [2.45, 2.75) is 57.0 Å². The van der Waals surface area contributed by atoms with Crippen LogP contribution in [0.2, 0.25) is 0 Å². The first-order chi connectivity index (χ1) is 29.2. The van der Waals surface area contributed by atoms with E-state index >= 15 is 0 Å². The van der Waals surface area contributed by atoms with Crippen LogP contribution >= 0.6 is 0 Å². The molecule has 1 saturated heterocycles. The summed E-state index contributed by atoms with van der Waals surface area (Å²) < 4.78 is 25.3. The number of carboxylic acids is 1. The van der Waals surface area contributed by atoms with Gasteiger partial charge >= 0.3 is 11.9 Å². The lowest BCUT2D eigenvalue weighted by Crippen LogP contribution is -2.63. The Morgan fingerprint density at radius 1 is 1.00 bits per heavy atom. The minimum absolute atomic E-state index is 0.0294. The van der Waals surface area contributed by atoms with E-state index in [0.717, 1.165) is 27.6 Å². The molecular weight excluding hydrogens is 793 g/mol. The lowest BCUT2D eigenvalue weighted by molar-refractivity contribution is -0.288. The predicted molar refractivity (Wildman–Crippen MR) is 223 cm³/mol. The summed E-state index contributed by atoms with van der Waals surface area (Å²) in [6.45, 7) is 3.27. The number of esters is 1. The zero-order chi connectivity index (χ0) is 43.5. The highest BCUT2D eigenvalue weighted by Gasteiger charge is 2.49. The maximum Gasteiger partial charge on any atom is 0.322 e. The molecule has 1 aliphatic rings. The van der Waals surface area contributed by atoms with E-state index in [-0.39, 0.29) is 52.4 Å². The summed E-state index contributed by atoms with van der Waals surface area (Å²) in [5.74, 6) is -4.36. The number of nitrogens with zero attached hydrogens (tertiary/aromatic N) is 2. The van der Waals surface area contributed by atoms with Gasteiger partial charge in [-0.3, -0.25) is 19.4 Å². The first-order valence-electron chi connectivity index (χ1n) is 19.3. The minimum atomic E-state index is -1.74. The molecule has 0 amide bonds. The van der Waals surface area contributed by atoms with Gasteiger partial charge in [-0.15, -0.1) is 0 Å². The van der Waals surface area contributed by atoms with Gasteiger partial charge in [0.25, 0.3) is 0 Å². The van der Waals surface area contributed by atoms with E-state index in [4.69, 9.17) is 34.9 Å². The number of benzene rings is 3. The van der Waals surface area contributed by atoms with E-state index < -0.39 is 61.2 Å². The molecule has 7 atom stereocenters. The Balaban J connectivity index is 1.20. The number of ether oxygens (including phenoxy) is 3. The summed E-state index contributed by atoms with van der Waals surface area (Å²) in [4.78, 5) is 52.7. The van der Waals surface area contributed by atoms with Crippen LogP contribution in [-0.2, 0) is 19.1 Å². The Hall–Kier alpha value is -6.86. The molecule has 0 aliphatic carbocycles. The number of nitrogens with two attached hydrogens (primary N) is 2. The van der Waals surface area contributed by atoms with Crippen LogP contribution in [0, 0.1) is 19.8 Å². The Morgan fingerprint density at radius 3 is 2.43 bits per heavy atom. The number of hydrogen-bond donors (Lipinski definition) is 8. The molecule has 3 aromatic carbocycles. The van der Waals surface area contributed by atoms with Crippen molar-refractivity contribution in [1.29, 1.82) is 0 Å². The van der Waals surface area contributed by atoms with Gasteiger partial charge in [0, 0.05) is 35.8 Å². The van der Waals surface area contributed by atoms with Crippen molar-refractivity contribution in [1.82, 2.24) is 15.0 Å². The van der Waals surface area contributed by atoms with Crippen molar-refractivity contribution >= 4 is 39.8 Å². The van der Waals surface area contributed by atoms with Crippen LogP contribution in [0.3, 0.4) is 0 Å². The number of carbonyl (C=O) groups excluding carboxylic acids is 1. The summed E-state index contributed by atoms with van der Waals surface area (Å²) in [5, 5.41) is 46.7. The third-order valence-electron chi connectivity index (χ3n) is 10.5. The molecule has 18 heteroatoms. The molecule has 4 heterocycles. The van der Waals surface area contributed by atoms with E-state index in [9.17, 15) is 34.8 Å². The van der Waals surface area contributed by atoms with Crippen LogP contribution in [0.1, 0.15) is 17.5 Å². The molecule has 7 rings (SSSR count). The largest absolute Gasteiger partial charge is 0.508 e. The van der Waals surface area contributed by atoms with Crippen LogP contribution < -0.4 is 31.8 Å². The van der Waals surface area contributed by atoms with E-state index in [2.05, 4.69) is 15.3 Å². The van der Waals surface area contributed by atoms with Gasteiger partial charge in [0.15, 0.2) is 17.3 Å². The zero-order valence-electron chi connectivity index (χ0n) is 33.3. The number of guanidine groups is 1. The highest BCUT2D eigenvalue weighted by atomic mass is 16.8. The Morgan fingerprint density at radius 2 is 1.74 bits per heavy atom. The number of H-pyrrole nitrogens is 1. The number of carboxylic acid groups (broad SMARTS) is 1. The maximum atomic E-state index is 13.5. The van der Waals surface area contributed by atoms with Gasteiger partial charge in [-0.1, -0.05) is 29.3 Å². The second kappa shape index (κ2) is 17.8. The number of fused-ring (bicyclic) bond motifs is 2. The zero-order valence-corrected chi connectivity index (χ0v) is 33.3. The second-order valence-electron chi connectivity index (χ2n) is 14.8. The smallest absolute Gasteiger partial charge is 0.322 e. The number of aliphatic carboxylic acids is 1. The number of nitrogens with one attached hydrogen (secondary N) is 2. The van der Waals surface area contributed by atoms with Crippen LogP contribution in [0.5, 0.6) is 11.5 Å². The molecule has 1 fully saturated rings. The summed E-state index contributed by atoms with van der Waals surface area (Å²) in [7, 11) is 1.47. The van der Waals surface area contributed by atoms with Gasteiger partial charge in [-0.25, -0.2) is 0 Å². The van der Waals surface area contributed by atoms with Crippen LogP contribution in [0.25, 0.3) is 44.3 Å². The van der Waals surface area contributed by atoms with E-state index in [1.54, 1.807) is 24.5 Å². The maximum absolute atomic E-state index is 13.5. The Bertz CT molecular complexity index is 2610. The van der Waals surface area contributed by atoms with Gasteiger partial charge in [0.05, 0.1) is 22.7 Å². The normalized spacial score (nSPS) is 19.9. The van der Waals surface area contributed by atoms with Gasteiger partial charge in [0.1, 0.15) is 54.0 Å². The second-order valence-corrected chi connectivity index (χ2v) is 14.8. The molecule has 0 bridgehead atoms. The molecule has 0 radical (unpaired) electrons. The molecule has 10 N–H and O–H groups in total. The molecule has 6 aromatic rings. The fourth-order valence-corrected chi connectivity index (χ4v) is 7.50. The summed E-state index contributed by atoms with van der Waals surface area (Å²) in [6.07, 6.45) is -3.03. The predicted octanol–water partition coefficient (Wildman–Crippen LogP) is 2.55. The molecule has 1 aliphatic heterocycles. The number of aliphatic hydroxyl groups is 2. The van der Waals surface area contributed by atoms with Gasteiger partial charge < -0.3 is 65.7 Å². The highest BCUT2D eigenvalue weighted by molar-refractivity contribution is 5.95. The highest BCUT2D eigenvalue weighted by Crippen LogP contribution is 2.34. The average Bonchev–Trinajstić information content (AvgIpc) is 3.81. The number of aromatic hydroxyl groups is 1. The van der Waals surface area contributed by atoms with Crippen molar-refractivity contribution in [3.05, 3.63) is 107 Å². The van der Waals surface area contributed by atoms with Crippen molar-refractivity contribution in [2.24, 2.45) is 22.4 Å². The molecule has 0 saturated carbocycles. The fourth-order valence-electron chi connectivity index (χ4n) is 7.50. The third kappa shape index (κ3) is 9.02. The first-order valence-corrected chi connectivity index (χ1v) is 19.3. The Kier molecular flexibility index (Phi) is 12.3. The summed E-state index contributed by atoms with van der Waals surface area (Å²) in [6, 6.07) is 17.4. The molecule has 61 heavy (non-hydrogen) atoms. The number of phenols is 1. The number of aryl methyl sites for hydroxylation is 2. The fraction of sp³-hybridized carbons (Fsp3) is 0.302. The molecule has 320 valence electrons. The van der Waals surface area contributed by atoms with Gasteiger partial charge in [-0.05, 0) is 75.3 Å². The molecule has 0 unspecified atom stereocenters. The van der Waals surface area contributed by atoms with Crippen LogP contribution in [-0.4, -0.2) is 105 Å². The summed E-state index contributed by atoms with van der Waals surface area (Å²) in [5.41, 5.74) is 15.5. The molecule has 3 aromatic heterocycles. The number of rotatable bonds is 15. The monoisotopic (exact) mass is 838 g/mol. The standard InChI is InChI=1S/C43H46N6O12/c1-21-14-22(2)16-25(15-21)35-34-24(10-12-47-34)18-49(35)61-39-38(53)37(52)32(20-58-41(56)33(40(54)55)30(46-3)11-13-48-43(44)45)60-42(39)59-27-8-9-28-31(17-27)57-19-29(36(28)51)23-4-6-26(50)7-5-23/h4-10,12,14-19,30,32-33,37-39,42,46-47,50,52-53H,11,13,20H2,1-3H3,(H,54,55)(H4,44,45,48)/t30-,32+,33+,37+,38-,39+,42+/m1/s1. The van der Waals surface area contributed by atoms with Crippen molar-refractivity contribution in [3.8, 4) is 33.9 Å². The third-order valence-corrected chi connectivity index (χ3v) is 10.5. The molecule has 18 nitrogen and oxygen atoms in total. The lowest BCUT2D eigenvalue weighted by atomic mass is 9.96. The van der Waals surface area contributed by atoms with E-state index in [1.165, 1.54) is 48.4 Å². The quantitative estimate of drug-likeness (QED) is 0.0319. The van der Waals surface area contributed by atoms with Crippen LogP contribution in [0.4, 0.5) is 0 Å². The average molecular weight is 839 g/mol. The van der Waals surface area contributed by atoms with E-state index in [0.29, 0.717) is 11.3 Å². The topological polar surface area (TPSA) is 279 Å². The lowest BCUT2D eigenvalue weighted by Gasteiger charge is -2.41. The number of hydrogen-bond acceptors (Lipinski definition) is 13. The molecule has 0 spiro atoms. The van der Waals surface area contributed by atoms with Crippen molar-refractivity contribution in [2.75, 3.05) is 20.2 Å². The number of aliphatic imine (C=N–C) groups is 1. The number of aromatic nitrogens is 2. The first kappa shape index (κ1) is 42.3. The van der Waals surface area contributed by atoms with Crippen molar-refractivity contribution < 1.29 is 53.5 Å². The van der Waals surface area contributed by atoms with Crippen molar-refractivity contribution in [3.63, 3.8) is 0 Å². The molecular formula is C43H46N6O12. The SMILES string of the molecule is CN[C@H](CCN=C(N)N)[C@@H](C(=O)O)C(=O)OC[C@@H]1O[C@H](Oc2ccc3c(=O)c(-c4ccc(O)cc4)coc3c2)[C@@H](On2cc3cc[nH]c3c2-c2cc(C)cc(C)c2)[C@H](O)[C@H]1O. The van der Waals surface area contributed by atoms with Gasteiger partial charge in [-0.2, -0.15) is 4.73 Å². The minimum Gasteiger partial charge on any atom is -0.508 e. The van der Waals surface area contributed by atoms with E-state index in [1.807, 2.05) is 38.1 Å². The van der Waals surface area contributed by atoms with Gasteiger partial charge in [0.2, 0.25) is 12.4 Å². The van der Waals surface area contributed by atoms with Crippen LogP contribution in [0.15, 0.2) is 99.6 Å². The summed E-state index contributed by atoms with van der Waals surface area (Å²) >= 11 is 0. The number of phenolic OH excluding ortho intramolecular Hbond substituents is 1. The Labute approximate surface area is 347 Å².